The fourth-order valence-electron chi connectivity index (χ4n) is 2.40. The molecule has 0 fully saturated rings. The second-order valence-corrected chi connectivity index (χ2v) is 6.57. The van der Waals surface area contributed by atoms with Crippen LogP contribution in [0.15, 0.2) is 42.5 Å². The second kappa shape index (κ2) is 7.51. The van der Waals surface area contributed by atoms with Gasteiger partial charge in [-0.3, -0.25) is 0 Å². The van der Waals surface area contributed by atoms with Crippen molar-refractivity contribution in [1.29, 1.82) is 0 Å². The van der Waals surface area contributed by atoms with Crippen molar-refractivity contribution in [3.05, 3.63) is 68.7 Å². The lowest BCUT2D eigenvalue weighted by Crippen LogP contribution is -2.30. The van der Waals surface area contributed by atoms with Gasteiger partial charge in [-0.1, -0.05) is 46.9 Å². The first kappa shape index (κ1) is 16.6. The lowest BCUT2D eigenvalue weighted by atomic mass is 10.0. The molecular formula is C17H18Cl3N. The van der Waals surface area contributed by atoms with E-state index >= 15 is 0 Å². The predicted molar refractivity (Wildman–Crippen MR) is 92.6 cm³/mol. The Hall–Kier alpha value is -0.730. The van der Waals surface area contributed by atoms with Crippen LogP contribution in [0.25, 0.3) is 0 Å². The molecule has 2 unspecified atom stereocenters. The van der Waals surface area contributed by atoms with Crippen LogP contribution in [0.4, 0.5) is 0 Å². The Morgan fingerprint density at radius 3 is 2.19 bits per heavy atom. The van der Waals surface area contributed by atoms with Crippen LogP contribution in [-0.4, -0.2) is 6.04 Å². The molecule has 2 rings (SSSR count). The summed E-state index contributed by atoms with van der Waals surface area (Å²) in [4.78, 5) is 0. The van der Waals surface area contributed by atoms with E-state index in [1.54, 1.807) is 6.07 Å². The molecule has 0 spiro atoms. The van der Waals surface area contributed by atoms with E-state index in [9.17, 15) is 0 Å². The second-order valence-electron chi connectivity index (χ2n) is 5.29. The minimum Gasteiger partial charge on any atom is -0.307 e. The zero-order valence-electron chi connectivity index (χ0n) is 12.0. The molecule has 0 aliphatic rings. The van der Waals surface area contributed by atoms with Crippen molar-refractivity contribution < 1.29 is 0 Å². The SMILES string of the molecule is CC(Cc1ccc(Cl)cc1)NC(C)c1cc(Cl)ccc1Cl. The first-order valence-corrected chi connectivity index (χ1v) is 8.04. The molecule has 0 heterocycles. The van der Waals surface area contributed by atoms with Gasteiger partial charge in [-0.15, -0.1) is 0 Å². The maximum Gasteiger partial charge on any atom is 0.0454 e. The summed E-state index contributed by atoms with van der Waals surface area (Å²) < 4.78 is 0. The van der Waals surface area contributed by atoms with Gasteiger partial charge in [0.25, 0.3) is 0 Å². The number of hydrogen-bond donors (Lipinski definition) is 1. The van der Waals surface area contributed by atoms with Gasteiger partial charge in [0.15, 0.2) is 0 Å². The van der Waals surface area contributed by atoms with E-state index in [1.165, 1.54) is 5.56 Å². The third-order valence-corrected chi connectivity index (χ3v) is 4.25. The van der Waals surface area contributed by atoms with E-state index in [-0.39, 0.29) is 6.04 Å². The molecule has 4 heteroatoms. The number of rotatable bonds is 5. The van der Waals surface area contributed by atoms with Gasteiger partial charge in [-0.05, 0) is 61.7 Å². The van der Waals surface area contributed by atoms with Crippen LogP contribution >= 0.6 is 34.8 Å². The van der Waals surface area contributed by atoms with E-state index in [0.717, 1.165) is 22.0 Å². The van der Waals surface area contributed by atoms with Crippen molar-refractivity contribution in [2.75, 3.05) is 0 Å². The monoisotopic (exact) mass is 341 g/mol. The fourth-order valence-corrected chi connectivity index (χ4v) is 2.98. The summed E-state index contributed by atoms with van der Waals surface area (Å²) in [6.07, 6.45) is 0.930. The van der Waals surface area contributed by atoms with Crippen molar-refractivity contribution >= 4 is 34.8 Å². The quantitative estimate of drug-likeness (QED) is 0.710. The maximum atomic E-state index is 6.24. The predicted octanol–water partition coefficient (Wildman–Crippen LogP) is 5.93. The summed E-state index contributed by atoms with van der Waals surface area (Å²) in [5, 5.41) is 5.75. The van der Waals surface area contributed by atoms with Gasteiger partial charge in [0.05, 0.1) is 0 Å². The van der Waals surface area contributed by atoms with E-state index in [0.29, 0.717) is 11.1 Å². The Kier molecular flexibility index (Phi) is 5.95. The highest BCUT2D eigenvalue weighted by atomic mass is 35.5. The van der Waals surface area contributed by atoms with Crippen LogP contribution in [0.5, 0.6) is 0 Å². The lowest BCUT2D eigenvalue weighted by molar-refractivity contribution is 0.477. The zero-order valence-corrected chi connectivity index (χ0v) is 14.3. The Morgan fingerprint density at radius 1 is 0.905 bits per heavy atom. The normalized spacial score (nSPS) is 14.0. The van der Waals surface area contributed by atoms with Crippen LogP contribution in [-0.2, 0) is 6.42 Å². The standard InChI is InChI=1S/C17H18Cl3N/c1-11(9-13-3-5-14(18)6-4-13)21-12(2)16-10-15(19)7-8-17(16)20/h3-8,10-12,21H,9H2,1-2H3. The highest BCUT2D eigenvalue weighted by Crippen LogP contribution is 2.26. The number of halogens is 3. The van der Waals surface area contributed by atoms with Gasteiger partial charge in [0, 0.05) is 27.2 Å². The fraction of sp³-hybridized carbons (Fsp3) is 0.294. The molecule has 0 bridgehead atoms. The average molecular weight is 343 g/mol. The van der Waals surface area contributed by atoms with Crippen LogP contribution in [0.2, 0.25) is 15.1 Å². The molecule has 1 N–H and O–H groups in total. The summed E-state index contributed by atoms with van der Waals surface area (Å²) in [5.74, 6) is 0. The number of benzene rings is 2. The molecule has 0 aliphatic carbocycles. The molecule has 21 heavy (non-hydrogen) atoms. The van der Waals surface area contributed by atoms with E-state index in [1.807, 2.05) is 24.3 Å². The maximum absolute atomic E-state index is 6.24. The molecule has 0 saturated heterocycles. The van der Waals surface area contributed by atoms with Gasteiger partial charge in [0.1, 0.15) is 0 Å². The van der Waals surface area contributed by atoms with Crippen molar-refractivity contribution in [2.24, 2.45) is 0 Å². The average Bonchev–Trinajstić information content (AvgIpc) is 2.44. The molecule has 0 aromatic heterocycles. The lowest BCUT2D eigenvalue weighted by Gasteiger charge is -2.21. The van der Waals surface area contributed by atoms with Crippen molar-refractivity contribution in [3.63, 3.8) is 0 Å². The molecule has 2 aromatic carbocycles. The van der Waals surface area contributed by atoms with Gasteiger partial charge in [-0.2, -0.15) is 0 Å². The summed E-state index contributed by atoms with van der Waals surface area (Å²) >= 11 is 18.2. The largest absolute Gasteiger partial charge is 0.307 e. The van der Waals surface area contributed by atoms with Gasteiger partial charge in [-0.25, -0.2) is 0 Å². The Morgan fingerprint density at radius 2 is 1.52 bits per heavy atom. The third-order valence-electron chi connectivity index (χ3n) is 3.41. The van der Waals surface area contributed by atoms with Crippen LogP contribution in [0.3, 0.4) is 0 Å². The summed E-state index contributed by atoms with van der Waals surface area (Å²) in [6, 6.07) is 13.9. The van der Waals surface area contributed by atoms with Crippen LogP contribution in [0.1, 0.15) is 31.0 Å². The minimum absolute atomic E-state index is 0.138. The molecule has 1 nitrogen and oxygen atoms in total. The molecule has 0 aliphatic heterocycles. The van der Waals surface area contributed by atoms with Crippen LogP contribution in [0, 0.1) is 0 Å². The Balaban J connectivity index is 2.00. The Bertz CT molecular complexity index is 595. The summed E-state index contributed by atoms with van der Waals surface area (Å²) in [7, 11) is 0. The Labute approximate surface area is 141 Å². The topological polar surface area (TPSA) is 12.0 Å². The highest BCUT2D eigenvalue weighted by molar-refractivity contribution is 6.33. The zero-order chi connectivity index (χ0) is 15.4. The molecule has 0 radical (unpaired) electrons. The molecular weight excluding hydrogens is 325 g/mol. The summed E-state index contributed by atoms with van der Waals surface area (Å²) in [6.45, 7) is 4.25. The van der Waals surface area contributed by atoms with E-state index < -0.39 is 0 Å². The van der Waals surface area contributed by atoms with Crippen molar-refractivity contribution in [1.82, 2.24) is 5.32 Å². The first-order chi connectivity index (χ1) is 9.95. The van der Waals surface area contributed by atoms with E-state index in [4.69, 9.17) is 34.8 Å². The van der Waals surface area contributed by atoms with E-state index in [2.05, 4.69) is 31.3 Å². The summed E-state index contributed by atoms with van der Waals surface area (Å²) in [5.41, 5.74) is 2.27. The smallest absolute Gasteiger partial charge is 0.0454 e. The van der Waals surface area contributed by atoms with Crippen molar-refractivity contribution in [2.45, 2.75) is 32.4 Å². The first-order valence-electron chi connectivity index (χ1n) is 6.91. The van der Waals surface area contributed by atoms with Crippen molar-refractivity contribution in [3.8, 4) is 0 Å². The van der Waals surface area contributed by atoms with Crippen LogP contribution < -0.4 is 5.32 Å². The minimum atomic E-state index is 0.138. The van der Waals surface area contributed by atoms with Gasteiger partial charge in [0.2, 0.25) is 0 Å². The van der Waals surface area contributed by atoms with Gasteiger partial charge < -0.3 is 5.32 Å². The number of hydrogen-bond acceptors (Lipinski definition) is 1. The molecule has 112 valence electrons. The molecule has 0 saturated carbocycles. The molecule has 2 atom stereocenters. The molecule has 2 aromatic rings. The number of nitrogens with one attached hydrogen (secondary N) is 1. The molecule has 0 amide bonds. The highest BCUT2D eigenvalue weighted by Gasteiger charge is 2.13. The van der Waals surface area contributed by atoms with Gasteiger partial charge >= 0.3 is 0 Å². The third kappa shape index (κ3) is 4.89.